The fraction of sp³-hybridized carbons (Fsp3) is 0.692. The minimum absolute atomic E-state index is 0. The number of carboxylic acids is 1. The Hall–Kier alpha value is -1.71. The highest BCUT2D eigenvalue weighted by Crippen LogP contribution is 2.14. The predicted octanol–water partition coefficient (Wildman–Crippen LogP) is -1.79. The van der Waals surface area contributed by atoms with Crippen molar-refractivity contribution in [3.05, 3.63) is 0 Å². The summed E-state index contributed by atoms with van der Waals surface area (Å²) in [5.41, 5.74) is 5.87. The van der Waals surface area contributed by atoms with E-state index in [1.165, 1.54) is 0 Å². The lowest BCUT2D eigenvalue weighted by molar-refractivity contribution is -0.156. The molecule has 2 heterocycles. The molecule has 0 bridgehead atoms. The van der Waals surface area contributed by atoms with Crippen LogP contribution in [0.3, 0.4) is 0 Å². The Bertz CT molecular complexity index is 495. The summed E-state index contributed by atoms with van der Waals surface area (Å²) in [5, 5.41) is 14.4. The van der Waals surface area contributed by atoms with Gasteiger partial charge in [0.25, 0.3) is 5.91 Å². The summed E-state index contributed by atoms with van der Waals surface area (Å²) in [7, 11) is 0. The van der Waals surface area contributed by atoms with Crippen LogP contribution in [0.1, 0.15) is 25.7 Å². The number of rotatable bonds is 5. The quantitative estimate of drug-likeness (QED) is 0.430. The molecule has 3 atom stereocenters. The molecule has 2 aliphatic heterocycles. The second-order valence-corrected chi connectivity index (χ2v) is 5.54. The molecular weight excluding hydrogens is 328 g/mol. The number of carboxylic acid groups (broad SMARTS) is 1. The number of hydrogen-bond acceptors (Lipinski definition) is 6. The molecular formula is C13H21ClN4O5. The van der Waals surface area contributed by atoms with Gasteiger partial charge in [0.15, 0.2) is 0 Å². The minimum Gasteiger partial charge on any atom is -0.480 e. The summed E-state index contributed by atoms with van der Waals surface area (Å²) in [5.74, 6) is -2.99. The second kappa shape index (κ2) is 8.23. The van der Waals surface area contributed by atoms with Gasteiger partial charge in [0.1, 0.15) is 12.6 Å². The van der Waals surface area contributed by atoms with E-state index in [1.54, 1.807) is 0 Å². The fourth-order valence-corrected chi connectivity index (χ4v) is 2.74. The van der Waals surface area contributed by atoms with Gasteiger partial charge in [0.2, 0.25) is 11.8 Å². The number of likely N-dealkylation sites (tertiary alicyclic amines) is 1. The Morgan fingerprint density at radius 1 is 1.39 bits per heavy atom. The molecule has 2 aliphatic rings. The predicted molar refractivity (Wildman–Crippen MR) is 81.8 cm³/mol. The van der Waals surface area contributed by atoms with E-state index in [0.717, 1.165) is 19.4 Å². The van der Waals surface area contributed by atoms with Crippen LogP contribution in [0.2, 0.25) is 0 Å². The van der Waals surface area contributed by atoms with Crippen LogP contribution in [-0.4, -0.2) is 64.9 Å². The molecule has 2 saturated heterocycles. The number of nitrogens with zero attached hydrogens (tertiary/aromatic N) is 1. The van der Waals surface area contributed by atoms with Gasteiger partial charge >= 0.3 is 5.97 Å². The summed E-state index contributed by atoms with van der Waals surface area (Å²) in [6, 6.07) is -1.81. The third-order valence-corrected chi connectivity index (χ3v) is 3.96. The van der Waals surface area contributed by atoms with E-state index >= 15 is 0 Å². The van der Waals surface area contributed by atoms with E-state index < -0.39 is 42.3 Å². The van der Waals surface area contributed by atoms with E-state index in [2.05, 4.69) is 10.6 Å². The molecule has 10 heteroatoms. The van der Waals surface area contributed by atoms with E-state index in [-0.39, 0.29) is 31.3 Å². The summed E-state index contributed by atoms with van der Waals surface area (Å²) in [6.07, 6.45) is 1.90. The summed E-state index contributed by atoms with van der Waals surface area (Å²) in [6.45, 7) is 0.106. The lowest BCUT2D eigenvalue weighted by Gasteiger charge is -2.31. The monoisotopic (exact) mass is 348 g/mol. The zero-order chi connectivity index (χ0) is 16.3. The number of nitrogens with two attached hydrogens (primary N) is 1. The van der Waals surface area contributed by atoms with Crippen molar-refractivity contribution in [3.8, 4) is 0 Å². The molecule has 0 aromatic rings. The molecule has 0 spiro atoms. The number of halogens is 1. The topological polar surface area (TPSA) is 142 Å². The van der Waals surface area contributed by atoms with Gasteiger partial charge < -0.3 is 21.5 Å². The van der Waals surface area contributed by atoms with E-state index in [4.69, 9.17) is 10.8 Å². The van der Waals surface area contributed by atoms with Crippen LogP contribution in [0.25, 0.3) is 0 Å². The zero-order valence-corrected chi connectivity index (χ0v) is 13.3. The van der Waals surface area contributed by atoms with Crippen molar-refractivity contribution in [1.82, 2.24) is 15.5 Å². The van der Waals surface area contributed by atoms with Crippen molar-refractivity contribution < 1.29 is 24.3 Å². The van der Waals surface area contributed by atoms with Gasteiger partial charge in [0.05, 0.1) is 6.04 Å². The van der Waals surface area contributed by atoms with Crippen LogP contribution in [0.4, 0.5) is 0 Å². The Kier molecular flexibility index (Phi) is 6.92. The smallest absolute Gasteiger partial charge is 0.323 e. The van der Waals surface area contributed by atoms with Crippen molar-refractivity contribution in [2.24, 2.45) is 5.73 Å². The summed E-state index contributed by atoms with van der Waals surface area (Å²) >= 11 is 0. The van der Waals surface area contributed by atoms with Crippen LogP contribution in [0, 0.1) is 0 Å². The van der Waals surface area contributed by atoms with E-state index in [9.17, 15) is 19.2 Å². The molecule has 0 saturated carbocycles. The van der Waals surface area contributed by atoms with Crippen molar-refractivity contribution in [1.29, 1.82) is 0 Å². The maximum absolute atomic E-state index is 12.1. The third kappa shape index (κ3) is 4.63. The average molecular weight is 349 g/mol. The largest absolute Gasteiger partial charge is 0.480 e. The molecule has 2 fully saturated rings. The Morgan fingerprint density at radius 3 is 2.65 bits per heavy atom. The van der Waals surface area contributed by atoms with Gasteiger partial charge in [-0.05, 0) is 25.8 Å². The molecule has 0 aromatic heterocycles. The minimum atomic E-state index is -1.28. The summed E-state index contributed by atoms with van der Waals surface area (Å²) in [4.78, 5) is 47.2. The number of aliphatic carboxylic acids is 1. The number of piperidine rings is 1. The highest BCUT2D eigenvalue weighted by atomic mass is 35.5. The molecule has 0 aromatic carbocycles. The molecule has 9 nitrogen and oxygen atoms in total. The number of carbonyl (C=O) groups is 4. The first-order chi connectivity index (χ1) is 10.4. The highest BCUT2D eigenvalue weighted by molar-refractivity contribution is 6.03. The molecule has 0 radical (unpaired) electrons. The van der Waals surface area contributed by atoms with Gasteiger partial charge in [-0.2, -0.15) is 0 Å². The number of carbonyl (C=O) groups excluding carboxylic acids is 3. The summed E-state index contributed by atoms with van der Waals surface area (Å²) < 4.78 is 0. The maximum Gasteiger partial charge on any atom is 0.323 e. The van der Waals surface area contributed by atoms with Gasteiger partial charge in [-0.25, -0.2) is 0 Å². The zero-order valence-electron chi connectivity index (χ0n) is 12.5. The number of imide groups is 1. The van der Waals surface area contributed by atoms with E-state index in [1.807, 2.05) is 0 Å². The van der Waals surface area contributed by atoms with Crippen molar-refractivity contribution in [3.63, 3.8) is 0 Å². The lowest BCUT2D eigenvalue weighted by atomic mass is 10.0. The molecule has 3 amide bonds. The first-order valence-electron chi connectivity index (χ1n) is 7.25. The molecule has 5 N–H and O–H groups in total. The average Bonchev–Trinajstić information content (AvgIpc) is 2.99. The fourth-order valence-electron chi connectivity index (χ4n) is 2.74. The number of nitrogens with one attached hydrogen (secondary N) is 2. The van der Waals surface area contributed by atoms with Crippen molar-refractivity contribution >= 4 is 36.1 Å². The first-order valence-corrected chi connectivity index (χ1v) is 7.25. The Labute approximate surface area is 139 Å². The van der Waals surface area contributed by atoms with Gasteiger partial charge in [-0.3, -0.25) is 24.1 Å². The Balaban J connectivity index is 0.00000264. The molecule has 2 rings (SSSR count). The van der Waals surface area contributed by atoms with Crippen LogP contribution >= 0.6 is 12.4 Å². The maximum atomic E-state index is 12.1. The van der Waals surface area contributed by atoms with Crippen LogP contribution in [0.15, 0.2) is 0 Å². The molecule has 1 unspecified atom stereocenters. The SMILES string of the molecule is Cl.N[C@H](C(=O)N[C@H]1CCC(=O)N(CC(=O)O)C1=O)C1CCCN1. The lowest BCUT2D eigenvalue weighted by Crippen LogP contribution is -2.60. The normalized spacial score (nSPS) is 25.7. The van der Waals surface area contributed by atoms with Crippen molar-refractivity contribution in [2.45, 2.75) is 43.8 Å². The van der Waals surface area contributed by atoms with E-state index in [0.29, 0.717) is 4.90 Å². The molecule has 130 valence electrons. The standard InChI is InChI=1S/C13H20N4O5.ClH/c14-11(7-2-1-5-15-7)12(21)16-8-3-4-9(18)17(13(8)22)6-10(19)20;/h7-8,11,15H,1-6,14H2,(H,16,21)(H,19,20);1H/t7?,8-,11-;/m0./s1. The van der Waals surface area contributed by atoms with Gasteiger partial charge in [-0.15, -0.1) is 12.4 Å². The number of hydrogen-bond donors (Lipinski definition) is 4. The van der Waals surface area contributed by atoms with Crippen LogP contribution < -0.4 is 16.4 Å². The van der Waals surface area contributed by atoms with Crippen molar-refractivity contribution in [2.75, 3.05) is 13.1 Å². The van der Waals surface area contributed by atoms with Crippen LogP contribution in [0.5, 0.6) is 0 Å². The molecule has 23 heavy (non-hydrogen) atoms. The van der Waals surface area contributed by atoms with Crippen LogP contribution in [-0.2, 0) is 19.2 Å². The number of amides is 3. The second-order valence-electron chi connectivity index (χ2n) is 5.54. The highest BCUT2D eigenvalue weighted by Gasteiger charge is 2.37. The Morgan fingerprint density at radius 2 is 2.09 bits per heavy atom. The molecule has 0 aliphatic carbocycles. The first kappa shape index (κ1) is 19.3. The van der Waals surface area contributed by atoms with Gasteiger partial charge in [-0.1, -0.05) is 0 Å². The van der Waals surface area contributed by atoms with Gasteiger partial charge in [0, 0.05) is 12.5 Å². The third-order valence-electron chi connectivity index (χ3n) is 3.96.